The Morgan fingerprint density at radius 2 is 1.87 bits per heavy atom. The number of nitrogens with zero attached hydrogens (tertiary/aromatic N) is 4. The zero-order chi connectivity index (χ0) is 32.3. The van der Waals surface area contributed by atoms with Crippen LogP contribution in [0.3, 0.4) is 0 Å². The Labute approximate surface area is 266 Å². The summed E-state index contributed by atoms with van der Waals surface area (Å²) < 4.78 is 28.0. The van der Waals surface area contributed by atoms with E-state index in [1.165, 1.54) is 22.1 Å². The van der Waals surface area contributed by atoms with Crippen molar-refractivity contribution < 1.29 is 28.2 Å². The lowest BCUT2D eigenvalue weighted by atomic mass is 9.86. The molecule has 1 aromatic heterocycles. The van der Waals surface area contributed by atoms with Gasteiger partial charge in [-0.15, -0.1) is 0 Å². The highest BCUT2D eigenvalue weighted by atomic mass is 19.1. The number of anilines is 1. The smallest absolute Gasteiger partial charge is 0.323 e. The van der Waals surface area contributed by atoms with Gasteiger partial charge in [0.1, 0.15) is 12.4 Å². The van der Waals surface area contributed by atoms with Crippen LogP contribution in [0.2, 0.25) is 0 Å². The molecule has 0 aliphatic carbocycles. The van der Waals surface area contributed by atoms with E-state index in [4.69, 9.17) is 14.5 Å². The zero-order valence-corrected chi connectivity index (χ0v) is 26.1. The predicted octanol–water partition coefficient (Wildman–Crippen LogP) is 4.09. The van der Waals surface area contributed by atoms with Crippen LogP contribution in [-0.2, 0) is 9.59 Å². The first-order valence-electron chi connectivity index (χ1n) is 15.2. The van der Waals surface area contributed by atoms with Crippen LogP contribution in [-0.4, -0.2) is 90.5 Å². The number of amides is 4. The van der Waals surface area contributed by atoms with E-state index in [-0.39, 0.29) is 35.8 Å². The molecule has 4 aliphatic heterocycles. The minimum Gasteiger partial charge on any atom is -0.491 e. The van der Waals surface area contributed by atoms with Gasteiger partial charge in [0, 0.05) is 57.0 Å². The van der Waals surface area contributed by atoms with E-state index < -0.39 is 11.7 Å². The molecule has 0 bridgehead atoms. The van der Waals surface area contributed by atoms with E-state index in [0.717, 1.165) is 36.2 Å². The molecule has 4 amide bonds. The molecule has 11 nitrogen and oxygen atoms in total. The number of carbonyl (C=O) groups excluding carboxylic acids is 3. The van der Waals surface area contributed by atoms with Crippen molar-refractivity contribution in [2.45, 2.75) is 31.3 Å². The molecule has 2 saturated heterocycles. The maximum Gasteiger partial charge on any atom is 0.323 e. The van der Waals surface area contributed by atoms with E-state index in [1.807, 2.05) is 31.2 Å². The van der Waals surface area contributed by atoms with Gasteiger partial charge in [-0.1, -0.05) is 30.3 Å². The topological polar surface area (TPSA) is 116 Å². The average Bonchev–Trinajstić information content (AvgIpc) is 3.63. The summed E-state index contributed by atoms with van der Waals surface area (Å²) in [6.07, 6.45) is 2.88. The Bertz CT molecular complexity index is 1820. The number of ether oxygens (including phenoxy) is 2. The third-order valence-electron chi connectivity index (χ3n) is 9.42. The molecule has 4 aliphatic rings. The highest BCUT2D eigenvalue weighted by molar-refractivity contribution is 6.05. The maximum atomic E-state index is 16.0. The summed E-state index contributed by atoms with van der Waals surface area (Å²) in [5, 5.41) is 5.81. The first-order chi connectivity index (χ1) is 22.1. The second-order valence-corrected chi connectivity index (χ2v) is 12.5. The zero-order valence-electron chi connectivity index (χ0n) is 26.1. The fourth-order valence-corrected chi connectivity index (χ4v) is 7.03. The van der Waals surface area contributed by atoms with Crippen LogP contribution in [0.5, 0.6) is 11.6 Å². The molecule has 0 radical (unpaired) electrons. The van der Waals surface area contributed by atoms with Crippen LogP contribution in [0, 0.1) is 12.7 Å². The summed E-state index contributed by atoms with van der Waals surface area (Å²) in [5.74, 6) is 0.224. The van der Waals surface area contributed by atoms with Gasteiger partial charge >= 0.3 is 6.03 Å². The largest absolute Gasteiger partial charge is 0.491 e. The SMILES string of the molecule is COc1nc(-c2cccc(-c3cccc(NC(=O)C4=CN(C)C(=O)N(C)C4)c3F)c2C)cc2c1[C@@H](N1CC3(CCC(=O)N3)C1)CO2. The van der Waals surface area contributed by atoms with Crippen molar-refractivity contribution in [3.8, 4) is 34.0 Å². The number of carbonyl (C=O) groups is 3. The summed E-state index contributed by atoms with van der Waals surface area (Å²) in [4.78, 5) is 46.8. The van der Waals surface area contributed by atoms with Gasteiger partial charge < -0.3 is 29.9 Å². The summed E-state index contributed by atoms with van der Waals surface area (Å²) in [6.45, 7) is 4.01. The van der Waals surface area contributed by atoms with Gasteiger partial charge in [-0.2, -0.15) is 0 Å². The molecule has 3 aromatic rings. The third kappa shape index (κ3) is 4.93. The lowest BCUT2D eigenvalue weighted by molar-refractivity contribution is -0.121. The lowest BCUT2D eigenvalue weighted by Crippen LogP contribution is -2.67. The number of likely N-dealkylation sites (N-methyl/N-ethyl adjacent to an activating group) is 1. The Hall–Kier alpha value is -4.97. The van der Waals surface area contributed by atoms with E-state index in [2.05, 4.69) is 15.5 Å². The molecule has 2 aromatic carbocycles. The molecule has 0 saturated carbocycles. The van der Waals surface area contributed by atoms with Gasteiger partial charge in [-0.05, 0) is 30.5 Å². The number of halogens is 1. The minimum atomic E-state index is -0.568. The highest BCUT2D eigenvalue weighted by Gasteiger charge is 2.51. The molecular weight excluding hydrogens is 591 g/mol. The molecule has 2 N–H and O–H groups in total. The van der Waals surface area contributed by atoms with Crippen LogP contribution in [0.15, 0.2) is 54.2 Å². The van der Waals surface area contributed by atoms with E-state index >= 15 is 4.39 Å². The number of pyridine rings is 1. The molecule has 1 spiro atoms. The second kappa shape index (κ2) is 11.1. The fourth-order valence-electron chi connectivity index (χ4n) is 7.03. The Kier molecular flexibility index (Phi) is 7.19. The minimum absolute atomic E-state index is 0.0280. The quantitative estimate of drug-likeness (QED) is 0.424. The van der Waals surface area contributed by atoms with Gasteiger partial charge in [0.25, 0.3) is 5.91 Å². The number of nitrogens with one attached hydrogen (secondary N) is 2. The van der Waals surface area contributed by atoms with Crippen LogP contribution in [0.25, 0.3) is 22.4 Å². The van der Waals surface area contributed by atoms with E-state index in [9.17, 15) is 14.4 Å². The predicted molar refractivity (Wildman–Crippen MR) is 169 cm³/mol. The van der Waals surface area contributed by atoms with Gasteiger partial charge in [0.2, 0.25) is 11.8 Å². The molecule has 2 fully saturated rings. The summed E-state index contributed by atoms with van der Waals surface area (Å²) >= 11 is 0. The summed E-state index contributed by atoms with van der Waals surface area (Å²) in [6, 6.07) is 12.1. The van der Waals surface area contributed by atoms with Crippen molar-refractivity contribution in [1.82, 2.24) is 25.0 Å². The Morgan fingerprint density at radius 3 is 2.59 bits per heavy atom. The van der Waals surface area contributed by atoms with Crippen LogP contribution >= 0.6 is 0 Å². The fraction of sp³-hybridized carbons (Fsp3) is 0.353. The molecule has 0 unspecified atom stereocenters. The first-order valence-corrected chi connectivity index (χ1v) is 15.2. The van der Waals surface area contributed by atoms with Crippen LogP contribution in [0.4, 0.5) is 14.9 Å². The van der Waals surface area contributed by atoms with Crippen molar-refractivity contribution in [3.05, 3.63) is 71.2 Å². The van der Waals surface area contributed by atoms with Crippen LogP contribution in [0.1, 0.15) is 30.0 Å². The number of benzene rings is 2. The number of hydrogen-bond acceptors (Lipinski definition) is 7. The number of hydrogen-bond donors (Lipinski definition) is 2. The van der Waals surface area contributed by atoms with Gasteiger partial charge in [0.05, 0.1) is 47.8 Å². The summed E-state index contributed by atoms with van der Waals surface area (Å²) in [7, 11) is 4.76. The van der Waals surface area contributed by atoms with Crippen molar-refractivity contribution >= 4 is 23.5 Å². The van der Waals surface area contributed by atoms with Crippen LogP contribution < -0.4 is 20.1 Å². The Balaban J connectivity index is 1.16. The standard InChI is InChI=1S/C34H35FN6O5/c1-19-21(23-9-6-10-24(30(23)35)36-31(43)20-14-39(2)33(44)40(3)15-20)7-5-8-22(19)25-13-27-29(32(37-25)45-4)26(16-46-27)41-17-34(18-41)12-11-28(42)38-34/h5-10,13-14,26H,11-12,15-18H2,1-4H3,(H,36,43)(H,38,42)/t26-/m0/s1. The van der Waals surface area contributed by atoms with Gasteiger partial charge in [0.15, 0.2) is 5.82 Å². The second-order valence-electron chi connectivity index (χ2n) is 12.5. The van der Waals surface area contributed by atoms with Gasteiger partial charge in [-0.3, -0.25) is 14.5 Å². The molecule has 46 heavy (non-hydrogen) atoms. The van der Waals surface area contributed by atoms with E-state index in [0.29, 0.717) is 47.1 Å². The first kappa shape index (κ1) is 29.7. The summed E-state index contributed by atoms with van der Waals surface area (Å²) in [5.41, 5.74) is 4.33. The molecule has 12 heteroatoms. The number of likely N-dealkylation sites (tertiary alicyclic amines) is 1. The normalized spacial score (nSPS) is 20.2. The van der Waals surface area contributed by atoms with E-state index in [1.54, 1.807) is 33.3 Å². The monoisotopic (exact) mass is 626 g/mol. The highest BCUT2D eigenvalue weighted by Crippen LogP contribution is 2.47. The number of urea groups is 1. The molecule has 238 valence electrons. The van der Waals surface area contributed by atoms with Crippen molar-refractivity contribution in [2.24, 2.45) is 0 Å². The van der Waals surface area contributed by atoms with Crippen molar-refractivity contribution in [3.63, 3.8) is 0 Å². The maximum absolute atomic E-state index is 16.0. The van der Waals surface area contributed by atoms with Gasteiger partial charge in [-0.25, -0.2) is 14.2 Å². The van der Waals surface area contributed by atoms with Crippen molar-refractivity contribution in [2.75, 3.05) is 52.8 Å². The number of fused-ring (bicyclic) bond motifs is 1. The number of methoxy groups -OCH3 is 1. The molecular formula is C34H35FN6O5. The third-order valence-corrected chi connectivity index (χ3v) is 9.42. The molecule has 7 rings (SSSR count). The van der Waals surface area contributed by atoms with Crippen molar-refractivity contribution in [1.29, 1.82) is 0 Å². The molecule has 5 heterocycles. The lowest BCUT2D eigenvalue weighted by Gasteiger charge is -2.50. The molecule has 1 atom stereocenters. The Morgan fingerprint density at radius 1 is 1.13 bits per heavy atom. The number of aromatic nitrogens is 1. The average molecular weight is 627 g/mol. The number of rotatable bonds is 6.